The van der Waals surface area contributed by atoms with Crippen molar-refractivity contribution >= 4 is 0 Å². The van der Waals surface area contributed by atoms with Crippen LogP contribution in [0.2, 0.25) is 0 Å². The molecule has 0 aromatic heterocycles. The number of hydrogen-bond acceptors (Lipinski definition) is 2. The van der Waals surface area contributed by atoms with E-state index < -0.39 is 0 Å². The molecule has 0 bridgehead atoms. The van der Waals surface area contributed by atoms with Crippen LogP contribution in [-0.4, -0.2) is 29.8 Å². The smallest absolute Gasteiger partial charge is 0.0998 e. The van der Waals surface area contributed by atoms with Crippen LogP contribution in [0.15, 0.2) is 0 Å². The first-order valence-corrected chi connectivity index (χ1v) is 5.18. The van der Waals surface area contributed by atoms with Gasteiger partial charge in [-0.1, -0.05) is 13.3 Å². The van der Waals surface area contributed by atoms with Crippen molar-refractivity contribution in [1.82, 2.24) is 10.0 Å². The third kappa shape index (κ3) is 1.01. The number of hydrazine groups is 1. The summed E-state index contributed by atoms with van der Waals surface area (Å²) in [4.78, 5) is 0. The van der Waals surface area contributed by atoms with Gasteiger partial charge in [0.15, 0.2) is 0 Å². The van der Waals surface area contributed by atoms with E-state index in [1.165, 1.54) is 32.1 Å². The molecule has 70 valence electrons. The van der Waals surface area contributed by atoms with Gasteiger partial charge in [0.05, 0.1) is 5.66 Å². The summed E-state index contributed by atoms with van der Waals surface area (Å²) in [5, 5.41) is 4.80. The molecule has 12 heavy (non-hydrogen) atoms. The van der Waals surface area contributed by atoms with Gasteiger partial charge in [0.1, 0.15) is 0 Å². The highest BCUT2D eigenvalue weighted by Crippen LogP contribution is 2.48. The Hall–Kier alpha value is -0.0800. The Morgan fingerprint density at radius 2 is 1.67 bits per heavy atom. The van der Waals surface area contributed by atoms with Crippen molar-refractivity contribution in [2.45, 2.75) is 44.7 Å². The standard InChI is InChI=1S/C10H20N2/c1-4-9-5-7-10(8-6-9)11(2)12(10)3/h9H,4-8H2,1-3H3. The van der Waals surface area contributed by atoms with Crippen LogP contribution >= 0.6 is 0 Å². The lowest BCUT2D eigenvalue weighted by Crippen LogP contribution is -2.26. The zero-order valence-corrected chi connectivity index (χ0v) is 8.51. The van der Waals surface area contributed by atoms with Crippen molar-refractivity contribution in [3.05, 3.63) is 0 Å². The molecule has 1 spiro atoms. The molecule has 2 rings (SSSR count). The maximum atomic E-state index is 2.40. The molecule has 1 aliphatic carbocycles. The van der Waals surface area contributed by atoms with Crippen LogP contribution in [-0.2, 0) is 0 Å². The zero-order valence-electron chi connectivity index (χ0n) is 8.51. The van der Waals surface area contributed by atoms with Crippen LogP contribution in [0.1, 0.15) is 39.0 Å². The highest BCUT2D eigenvalue weighted by Gasteiger charge is 2.56. The first-order chi connectivity index (χ1) is 5.70. The second-order valence-corrected chi connectivity index (χ2v) is 4.38. The zero-order chi connectivity index (χ0) is 8.77. The predicted molar refractivity (Wildman–Crippen MR) is 50.5 cm³/mol. The Bertz CT molecular complexity index is 161. The summed E-state index contributed by atoms with van der Waals surface area (Å²) in [5.74, 6) is 1.01. The Labute approximate surface area is 75.5 Å². The Morgan fingerprint density at radius 1 is 1.17 bits per heavy atom. The third-order valence-corrected chi connectivity index (χ3v) is 4.10. The predicted octanol–water partition coefficient (Wildman–Crippen LogP) is 2.08. The van der Waals surface area contributed by atoms with E-state index in [9.17, 15) is 0 Å². The molecule has 2 fully saturated rings. The highest BCUT2D eigenvalue weighted by atomic mass is 15.9. The first kappa shape index (κ1) is 8.52. The number of hydrogen-bond donors (Lipinski definition) is 0. The second-order valence-electron chi connectivity index (χ2n) is 4.38. The molecule has 2 aliphatic rings. The summed E-state index contributed by atoms with van der Waals surface area (Å²) in [6, 6.07) is 0. The molecule has 1 saturated heterocycles. The van der Waals surface area contributed by atoms with E-state index in [0.29, 0.717) is 5.66 Å². The summed E-state index contributed by atoms with van der Waals surface area (Å²) in [6.07, 6.45) is 7.02. The van der Waals surface area contributed by atoms with E-state index in [4.69, 9.17) is 0 Å². The van der Waals surface area contributed by atoms with Crippen LogP contribution in [0.25, 0.3) is 0 Å². The topological polar surface area (TPSA) is 6.02 Å². The quantitative estimate of drug-likeness (QED) is 0.553. The van der Waals surface area contributed by atoms with E-state index in [0.717, 1.165) is 5.92 Å². The Balaban J connectivity index is 1.91. The lowest BCUT2D eigenvalue weighted by Gasteiger charge is -2.26. The number of nitrogens with zero attached hydrogens (tertiary/aromatic N) is 2. The molecular weight excluding hydrogens is 148 g/mol. The molecule has 0 N–H and O–H groups in total. The molecule has 0 aromatic carbocycles. The molecule has 0 aromatic rings. The van der Waals surface area contributed by atoms with Crippen LogP contribution in [0.3, 0.4) is 0 Å². The maximum absolute atomic E-state index is 2.40. The van der Waals surface area contributed by atoms with Gasteiger partial charge in [-0.2, -0.15) is 0 Å². The van der Waals surface area contributed by atoms with Crippen molar-refractivity contribution < 1.29 is 0 Å². The van der Waals surface area contributed by atoms with Gasteiger partial charge < -0.3 is 0 Å². The molecule has 2 atom stereocenters. The van der Waals surface area contributed by atoms with E-state index in [-0.39, 0.29) is 0 Å². The van der Waals surface area contributed by atoms with Gasteiger partial charge in [-0.15, -0.1) is 0 Å². The third-order valence-electron chi connectivity index (χ3n) is 4.10. The van der Waals surface area contributed by atoms with Crippen molar-refractivity contribution in [2.24, 2.45) is 5.92 Å². The highest BCUT2D eigenvalue weighted by molar-refractivity contribution is 5.00. The molecule has 1 saturated carbocycles. The molecule has 1 aliphatic heterocycles. The largest absolute Gasteiger partial charge is 0.222 e. The van der Waals surface area contributed by atoms with E-state index in [2.05, 4.69) is 31.0 Å². The minimum atomic E-state index is 0.492. The van der Waals surface area contributed by atoms with Crippen LogP contribution in [0, 0.1) is 5.92 Å². The lowest BCUT2D eigenvalue weighted by atomic mass is 9.82. The average molecular weight is 168 g/mol. The van der Waals surface area contributed by atoms with Gasteiger partial charge in [-0.25, -0.2) is 10.0 Å². The summed E-state index contributed by atoms with van der Waals surface area (Å²) < 4.78 is 0. The fraction of sp³-hybridized carbons (Fsp3) is 1.00. The Kier molecular flexibility index (Phi) is 1.92. The van der Waals surface area contributed by atoms with Gasteiger partial charge >= 0.3 is 0 Å². The first-order valence-electron chi connectivity index (χ1n) is 5.18. The normalized spacial score (nSPS) is 52.8. The number of rotatable bonds is 1. The SMILES string of the molecule is CCC1CCC2(CC1)N(C)N2C. The monoisotopic (exact) mass is 168 g/mol. The average Bonchev–Trinajstić information content (AvgIpc) is 2.60. The molecule has 2 unspecified atom stereocenters. The van der Waals surface area contributed by atoms with Crippen molar-refractivity contribution in [3.63, 3.8) is 0 Å². The fourth-order valence-electron chi connectivity index (χ4n) is 2.74. The van der Waals surface area contributed by atoms with Gasteiger partial charge in [-0.3, -0.25) is 0 Å². The molecular formula is C10H20N2. The van der Waals surface area contributed by atoms with E-state index >= 15 is 0 Å². The second kappa shape index (κ2) is 2.71. The lowest BCUT2D eigenvalue weighted by molar-refractivity contribution is 0.252. The van der Waals surface area contributed by atoms with Gasteiger partial charge in [0, 0.05) is 14.1 Å². The molecule has 2 heteroatoms. The van der Waals surface area contributed by atoms with E-state index in [1.807, 2.05) is 0 Å². The summed E-state index contributed by atoms with van der Waals surface area (Å²) in [5.41, 5.74) is 0.492. The van der Waals surface area contributed by atoms with Crippen molar-refractivity contribution in [3.8, 4) is 0 Å². The summed E-state index contributed by atoms with van der Waals surface area (Å²) >= 11 is 0. The van der Waals surface area contributed by atoms with Crippen LogP contribution in [0.4, 0.5) is 0 Å². The summed E-state index contributed by atoms with van der Waals surface area (Å²) in [7, 11) is 4.43. The van der Waals surface area contributed by atoms with Crippen LogP contribution < -0.4 is 0 Å². The van der Waals surface area contributed by atoms with Gasteiger partial charge in [-0.05, 0) is 31.6 Å². The van der Waals surface area contributed by atoms with Gasteiger partial charge in [0.2, 0.25) is 0 Å². The van der Waals surface area contributed by atoms with Gasteiger partial charge in [0.25, 0.3) is 0 Å². The van der Waals surface area contributed by atoms with E-state index in [1.54, 1.807) is 0 Å². The van der Waals surface area contributed by atoms with Crippen molar-refractivity contribution in [2.75, 3.05) is 14.1 Å². The summed E-state index contributed by atoms with van der Waals surface area (Å²) in [6.45, 7) is 2.32. The maximum Gasteiger partial charge on any atom is 0.0998 e. The molecule has 0 amide bonds. The fourth-order valence-corrected chi connectivity index (χ4v) is 2.74. The van der Waals surface area contributed by atoms with Crippen LogP contribution in [0.5, 0.6) is 0 Å². The molecule has 1 heterocycles. The molecule has 2 nitrogen and oxygen atoms in total. The minimum Gasteiger partial charge on any atom is -0.222 e. The Morgan fingerprint density at radius 3 is 2.00 bits per heavy atom. The minimum absolute atomic E-state index is 0.492. The molecule has 0 radical (unpaired) electrons. The van der Waals surface area contributed by atoms with Crippen molar-refractivity contribution in [1.29, 1.82) is 0 Å².